The van der Waals surface area contributed by atoms with Gasteiger partial charge in [0.15, 0.2) is 5.16 Å². The van der Waals surface area contributed by atoms with E-state index in [0.717, 1.165) is 11.8 Å². The average molecular weight is 454 g/mol. The number of carbonyl (C=O) groups excluding carboxylic acids is 1. The second-order valence-electron chi connectivity index (χ2n) is 6.77. The minimum Gasteiger partial charge on any atom is -0.325 e. The summed E-state index contributed by atoms with van der Waals surface area (Å²) in [6, 6.07) is 20.1. The van der Waals surface area contributed by atoms with Crippen molar-refractivity contribution in [3.63, 3.8) is 0 Å². The van der Waals surface area contributed by atoms with E-state index in [-0.39, 0.29) is 16.5 Å². The van der Waals surface area contributed by atoms with Gasteiger partial charge in [0.25, 0.3) is 5.56 Å². The Bertz CT molecular complexity index is 1330. The first-order valence-electron chi connectivity index (χ1n) is 9.44. The van der Waals surface area contributed by atoms with Crippen LogP contribution in [0.15, 0.2) is 82.7 Å². The van der Waals surface area contributed by atoms with Gasteiger partial charge in [-0.1, -0.05) is 53.7 Å². The number of amides is 1. The van der Waals surface area contributed by atoms with Gasteiger partial charge in [-0.05, 0) is 49.4 Å². The molecule has 1 unspecified atom stereocenters. The van der Waals surface area contributed by atoms with Crippen LogP contribution in [-0.4, -0.2) is 20.7 Å². The summed E-state index contributed by atoms with van der Waals surface area (Å²) < 4.78 is 15.1. The van der Waals surface area contributed by atoms with Gasteiger partial charge in [-0.15, -0.1) is 0 Å². The molecule has 0 radical (unpaired) electrons. The van der Waals surface area contributed by atoms with Gasteiger partial charge in [0, 0.05) is 5.69 Å². The molecule has 4 aromatic rings. The Morgan fingerprint density at radius 2 is 1.81 bits per heavy atom. The first kappa shape index (κ1) is 21.1. The molecular weight excluding hydrogens is 437 g/mol. The highest BCUT2D eigenvalue weighted by molar-refractivity contribution is 8.00. The normalized spacial score (nSPS) is 12.0. The van der Waals surface area contributed by atoms with Gasteiger partial charge in [0.2, 0.25) is 5.91 Å². The van der Waals surface area contributed by atoms with E-state index in [1.54, 1.807) is 43.3 Å². The van der Waals surface area contributed by atoms with Gasteiger partial charge in [-0.3, -0.25) is 14.2 Å². The Labute approximate surface area is 186 Å². The number of nitrogens with zero attached hydrogens (tertiary/aromatic N) is 2. The topological polar surface area (TPSA) is 64.0 Å². The van der Waals surface area contributed by atoms with Crippen LogP contribution in [0.4, 0.5) is 10.1 Å². The van der Waals surface area contributed by atoms with Crippen molar-refractivity contribution in [1.29, 1.82) is 0 Å². The van der Waals surface area contributed by atoms with Gasteiger partial charge in [-0.2, -0.15) is 0 Å². The van der Waals surface area contributed by atoms with Crippen LogP contribution < -0.4 is 10.9 Å². The van der Waals surface area contributed by atoms with Crippen LogP contribution in [-0.2, 0) is 4.79 Å². The molecule has 0 fully saturated rings. The third kappa shape index (κ3) is 4.47. The molecule has 0 bridgehead atoms. The van der Waals surface area contributed by atoms with E-state index in [0.29, 0.717) is 27.4 Å². The summed E-state index contributed by atoms with van der Waals surface area (Å²) in [6.07, 6.45) is 0. The fraction of sp³-hybridized carbons (Fsp3) is 0.0870. The highest BCUT2D eigenvalue weighted by Gasteiger charge is 2.21. The molecule has 1 atom stereocenters. The number of nitrogens with one attached hydrogen (secondary N) is 1. The van der Waals surface area contributed by atoms with Crippen molar-refractivity contribution in [2.75, 3.05) is 5.32 Å². The summed E-state index contributed by atoms with van der Waals surface area (Å²) in [6.45, 7) is 1.73. The quantitative estimate of drug-likeness (QED) is 0.329. The Kier molecular flexibility index (Phi) is 6.06. The molecule has 0 saturated carbocycles. The summed E-state index contributed by atoms with van der Waals surface area (Å²) in [4.78, 5) is 30.6. The zero-order valence-electron chi connectivity index (χ0n) is 16.4. The Morgan fingerprint density at radius 1 is 1.10 bits per heavy atom. The van der Waals surface area contributed by atoms with E-state index in [9.17, 15) is 14.0 Å². The van der Waals surface area contributed by atoms with Crippen LogP contribution >= 0.6 is 23.4 Å². The molecule has 156 valence electrons. The molecule has 31 heavy (non-hydrogen) atoms. The van der Waals surface area contributed by atoms with E-state index >= 15 is 0 Å². The van der Waals surface area contributed by atoms with Crippen LogP contribution in [0, 0.1) is 5.82 Å². The van der Waals surface area contributed by atoms with E-state index in [2.05, 4.69) is 10.3 Å². The predicted octanol–water partition coefficient (Wildman–Crippen LogP) is 5.30. The van der Waals surface area contributed by atoms with Crippen molar-refractivity contribution in [3.8, 4) is 5.69 Å². The monoisotopic (exact) mass is 453 g/mol. The number of anilines is 1. The first-order valence-corrected chi connectivity index (χ1v) is 10.7. The molecule has 0 saturated heterocycles. The number of rotatable bonds is 5. The molecule has 1 N–H and O–H groups in total. The largest absolute Gasteiger partial charge is 0.325 e. The summed E-state index contributed by atoms with van der Waals surface area (Å²) in [5.41, 5.74) is 1.23. The fourth-order valence-electron chi connectivity index (χ4n) is 3.02. The average Bonchev–Trinajstić information content (AvgIpc) is 2.77. The van der Waals surface area contributed by atoms with E-state index in [1.807, 2.05) is 18.2 Å². The summed E-state index contributed by atoms with van der Waals surface area (Å²) in [7, 11) is 0. The van der Waals surface area contributed by atoms with Crippen LogP contribution in [0.5, 0.6) is 0 Å². The number of halogens is 2. The summed E-state index contributed by atoms with van der Waals surface area (Å²) in [5, 5.41) is 2.89. The molecule has 4 rings (SSSR count). The predicted molar refractivity (Wildman–Crippen MR) is 123 cm³/mol. The highest BCUT2D eigenvalue weighted by Crippen LogP contribution is 2.27. The molecule has 3 aromatic carbocycles. The lowest BCUT2D eigenvalue weighted by Gasteiger charge is -2.17. The molecule has 5 nitrogen and oxygen atoms in total. The number of aromatic nitrogens is 2. The minimum absolute atomic E-state index is 0.108. The van der Waals surface area contributed by atoms with E-state index < -0.39 is 11.1 Å². The zero-order valence-corrected chi connectivity index (χ0v) is 18.0. The Balaban J connectivity index is 1.76. The van der Waals surface area contributed by atoms with Crippen LogP contribution in [0.3, 0.4) is 0 Å². The number of para-hydroxylation sites is 2. The Morgan fingerprint density at radius 3 is 2.55 bits per heavy atom. The molecule has 0 aliphatic heterocycles. The molecule has 8 heteroatoms. The lowest BCUT2D eigenvalue weighted by atomic mass is 10.2. The van der Waals surface area contributed by atoms with E-state index in [1.165, 1.54) is 22.8 Å². The number of hydrogen-bond donors (Lipinski definition) is 1. The van der Waals surface area contributed by atoms with Crippen molar-refractivity contribution in [2.45, 2.75) is 17.3 Å². The van der Waals surface area contributed by atoms with Crippen LogP contribution in [0.25, 0.3) is 16.6 Å². The second kappa shape index (κ2) is 8.91. The third-order valence-corrected chi connectivity index (χ3v) is 5.94. The van der Waals surface area contributed by atoms with Gasteiger partial charge in [-0.25, -0.2) is 9.37 Å². The molecule has 0 spiro atoms. The van der Waals surface area contributed by atoms with Crippen LogP contribution in [0.2, 0.25) is 5.02 Å². The molecule has 1 heterocycles. The number of benzene rings is 3. The molecule has 1 aromatic heterocycles. The van der Waals surface area contributed by atoms with Gasteiger partial charge >= 0.3 is 0 Å². The number of hydrogen-bond acceptors (Lipinski definition) is 4. The van der Waals surface area contributed by atoms with Crippen molar-refractivity contribution in [1.82, 2.24) is 9.55 Å². The standard InChI is InChI=1S/C23H17ClFN3O2S/c1-14(21(29)26-15-7-3-2-4-8-15)31-23-27-20-10-6-5-9-17(20)22(30)28(23)16-11-12-19(25)18(24)13-16/h2-14H,1H3,(H,26,29). The lowest BCUT2D eigenvalue weighted by molar-refractivity contribution is -0.115. The van der Waals surface area contributed by atoms with Crippen LogP contribution in [0.1, 0.15) is 6.92 Å². The lowest BCUT2D eigenvalue weighted by Crippen LogP contribution is -2.26. The maximum absolute atomic E-state index is 13.7. The smallest absolute Gasteiger partial charge is 0.266 e. The first-order chi connectivity index (χ1) is 14.9. The second-order valence-corrected chi connectivity index (χ2v) is 8.48. The zero-order chi connectivity index (χ0) is 22.0. The summed E-state index contributed by atoms with van der Waals surface area (Å²) in [5.74, 6) is -0.820. The molecule has 1 amide bonds. The number of thioether (sulfide) groups is 1. The van der Waals surface area contributed by atoms with Crippen molar-refractivity contribution >= 4 is 45.9 Å². The SMILES string of the molecule is CC(Sc1nc2ccccc2c(=O)n1-c1ccc(F)c(Cl)c1)C(=O)Nc1ccccc1. The molecule has 0 aliphatic carbocycles. The molecular formula is C23H17ClFN3O2S. The van der Waals surface area contributed by atoms with Crippen molar-refractivity contribution in [3.05, 3.63) is 94.0 Å². The number of fused-ring (bicyclic) bond motifs is 1. The summed E-state index contributed by atoms with van der Waals surface area (Å²) >= 11 is 7.09. The van der Waals surface area contributed by atoms with Crippen molar-refractivity contribution in [2.24, 2.45) is 0 Å². The highest BCUT2D eigenvalue weighted by atomic mass is 35.5. The van der Waals surface area contributed by atoms with Gasteiger partial charge in [0.1, 0.15) is 5.82 Å². The van der Waals surface area contributed by atoms with Crippen molar-refractivity contribution < 1.29 is 9.18 Å². The maximum Gasteiger partial charge on any atom is 0.266 e. The van der Waals surface area contributed by atoms with Gasteiger partial charge < -0.3 is 5.32 Å². The Hall–Kier alpha value is -3.16. The third-order valence-electron chi connectivity index (χ3n) is 4.60. The van der Waals surface area contributed by atoms with E-state index in [4.69, 9.17) is 11.6 Å². The maximum atomic E-state index is 13.7. The fourth-order valence-corrected chi connectivity index (χ4v) is 4.12. The number of carbonyl (C=O) groups is 1. The van der Waals surface area contributed by atoms with Gasteiger partial charge in [0.05, 0.1) is 26.9 Å². The minimum atomic E-state index is -0.586. The molecule has 0 aliphatic rings.